The number of anilines is 1. The first-order valence-electron chi connectivity index (χ1n) is 5.17. The molecule has 1 saturated heterocycles. The lowest BCUT2D eigenvalue weighted by molar-refractivity contribution is -0.385. The van der Waals surface area contributed by atoms with Crippen LogP contribution in [0, 0.1) is 10.1 Å². The first-order valence-corrected chi connectivity index (χ1v) is 5.17. The molecule has 0 spiro atoms. The Hall–Kier alpha value is -1.80. The smallest absolute Gasteiger partial charge is 0.305 e. The monoisotopic (exact) mass is 239 g/mol. The van der Waals surface area contributed by atoms with Crippen LogP contribution in [-0.4, -0.2) is 47.2 Å². The molecule has 8 heteroatoms. The summed E-state index contributed by atoms with van der Waals surface area (Å²) in [6, 6.07) is 0.0708. The zero-order valence-electron chi connectivity index (χ0n) is 9.29. The van der Waals surface area contributed by atoms with Gasteiger partial charge in [0, 0.05) is 20.2 Å². The van der Waals surface area contributed by atoms with E-state index in [0.717, 1.165) is 13.1 Å². The molecule has 1 aliphatic rings. The van der Waals surface area contributed by atoms with Gasteiger partial charge in [0.15, 0.2) is 0 Å². The molecule has 1 aromatic heterocycles. The second kappa shape index (κ2) is 5.02. The van der Waals surface area contributed by atoms with Crippen molar-refractivity contribution in [3.63, 3.8) is 0 Å². The lowest BCUT2D eigenvalue weighted by Gasteiger charge is -2.17. The van der Waals surface area contributed by atoms with E-state index in [-0.39, 0.29) is 17.8 Å². The minimum atomic E-state index is -0.529. The van der Waals surface area contributed by atoms with E-state index in [2.05, 4.69) is 20.6 Å². The second-order valence-corrected chi connectivity index (χ2v) is 3.71. The molecule has 0 radical (unpaired) electrons. The van der Waals surface area contributed by atoms with Crippen molar-refractivity contribution in [1.82, 2.24) is 15.3 Å². The van der Waals surface area contributed by atoms with Crippen LogP contribution in [0.1, 0.15) is 0 Å². The summed E-state index contributed by atoms with van der Waals surface area (Å²) in [5.74, 6) is 0.367. The Kier molecular flexibility index (Phi) is 3.45. The van der Waals surface area contributed by atoms with E-state index in [0.29, 0.717) is 5.95 Å². The van der Waals surface area contributed by atoms with Crippen molar-refractivity contribution >= 4 is 11.6 Å². The standard InChI is InChI=1S/C9H13N5O3/c1-17-8-5-10-4-7(8)13-9-11-2-6(3-12-9)14(15)16/h2-3,7-8,10H,4-5H2,1H3,(H,11,12,13)/t7?,8-/m0/s1. The summed E-state index contributed by atoms with van der Waals surface area (Å²) < 4.78 is 5.27. The molecule has 2 heterocycles. The van der Waals surface area contributed by atoms with Gasteiger partial charge in [-0.3, -0.25) is 10.1 Å². The van der Waals surface area contributed by atoms with Crippen LogP contribution in [0.5, 0.6) is 0 Å². The maximum atomic E-state index is 10.4. The third kappa shape index (κ3) is 2.66. The van der Waals surface area contributed by atoms with E-state index in [4.69, 9.17) is 4.74 Å². The predicted octanol–water partition coefficient (Wildman–Crippen LogP) is -0.216. The van der Waals surface area contributed by atoms with Crippen molar-refractivity contribution in [3.8, 4) is 0 Å². The van der Waals surface area contributed by atoms with Crippen LogP contribution in [0.15, 0.2) is 12.4 Å². The van der Waals surface area contributed by atoms with E-state index in [1.807, 2.05) is 0 Å². The van der Waals surface area contributed by atoms with Crippen molar-refractivity contribution in [2.75, 3.05) is 25.5 Å². The van der Waals surface area contributed by atoms with Crippen LogP contribution in [0.4, 0.5) is 11.6 Å². The summed E-state index contributed by atoms with van der Waals surface area (Å²) in [7, 11) is 1.64. The Morgan fingerprint density at radius 2 is 2.24 bits per heavy atom. The number of hydrogen-bond acceptors (Lipinski definition) is 7. The number of nitro groups is 1. The van der Waals surface area contributed by atoms with E-state index < -0.39 is 4.92 Å². The molecule has 2 rings (SSSR count). The SMILES string of the molecule is CO[C@H]1CNCC1Nc1ncc([N+](=O)[O-])cn1. The van der Waals surface area contributed by atoms with Crippen molar-refractivity contribution in [1.29, 1.82) is 0 Å². The molecule has 1 unspecified atom stereocenters. The zero-order chi connectivity index (χ0) is 12.3. The predicted molar refractivity (Wildman–Crippen MR) is 59.8 cm³/mol. The third-order valence-electron chi connectivity index (χ3n) is 2.62. The highest BCUT2D eigenvalue weighted by Gasteiger charge is 2.27. The fourth-order valence-electron chi connectivity index (χ4n) is 1.70. The van der Waals surface area contributed by atoms with Gasteiger partial charge in [-0.1, -0.05) is 0 Å². The number of nitrogens with zero attached hydrogens (tertiary/aromatic N) is 3. The number of rotatable bonds is 4. The van der Waals surface area contributed by atoms with E-state index in [1.54, 1.807) is 7.11 Å². The molecule has 1 aromatic rings. The van der Waals surface area contributed by atoms with Gasteiger partial charge in [0.2, 0.25) is 5.95 Å². The number of methoxy groups -OCH3 is 1. The van der Waals surface area contributed by atoms with Crippen molar-refractivity contribution in [2.45, 2.75) is 12.1 Å². The highest BCUT2D eigenvalue weighted by atomic mass is 16.6. The Balaban J connectivity index is 2.01. The summed E-state index contributed by atoms with van der Waals surface area (Å²) >= 11 is 0. The van der Waals surface area contributed by atoms with Gasteiger partial charge in [0.25, 0.3) is 0 Å². The Morgan fingerprint density at radius 1 is 1.53 bits per heavy atom. The summed E-state index contributed by atoms with van der Waals surface area (Å²) in [5.41, 5.74) is -0.122. The quantitative estimate of drug-likeness (QED) is 0.553. The van der Waals surface area contributed by atoms with Crippen LogP contribution >= 0.6 is 0 Å². The first kappa shape index (κ1) is 11.7. The summed E-state index contributed by atoms with van der Waals surface area (Å²) in [6.45, 7) is 1.51. The lowest BCUT2D eigenvalue weighted by atomic mass is 10.2. The fourth-order valence-corrected chi connectivity index (χ4v) is 1.70. The molecule has 0 aromatic carbocycles. The molecule has 2 N–H and O–H groups in total. The zero-order valence-corrected chi connectivity index (χ0v) is 9.29. The summed E-state index contributed by atoms with van der Waals surface area (Å²) in [6.07, 6.45) is 2.41. The molecule has 0 bridgehead atoms. The lowest BCUT2D eigenvalue weighted by Crippen LogP contribution is -2.34. The highest BCUT2D eigenvalue weighted by molar-refractivity contribution is 5.32. The Bertz CT molecular complexity index is 396. The molecule has 1 fully saturated rings. The third-order valence-corrected chi connectivity index (χ3v) is 2.62. The minimum Gasteiger partial charge on any atom is -0.378 e. The molecular weight excluding hydrogens is 226 g/mol. The number of hydrogen-bond donors (Lipinski definition) is 2. The average molecular weight is 239 g/mol. The number of ether oxygens (including phenoxy) is 1. The molecule has 0 saturated carbocycles. The largest absolute Gasteiger partial charge is 0.378 e. The maximum absolute atomic E-state index is 10.4. The van der Waals surface area contributed by atoms with Crippen LogP contribution < -0.4 is 10.6 Å². The maximum Gasteiger partial charge on any atom is 0.305 e. The molecule has 0 amide bonds. The van der Waals surface area contributed by atoms with Gasteiger partial charge in [-0.15, -0.1) is 0 Å². The van der Waals surface area contributed by atoms with Gasteiger partial charge in [0.1, 0.15) is 12.4 Å². The van der Waals surface area contributed by atoms with Crippen LogP contribution in [0.3, 0.4) is 0 Å². The van der Waals surface area contributed by atoms with Gasteiger partial charge in [0.05, 0.1) is 17.1 Å². The van der Waals surface area contributed by atoms with E-state index in [1.165, 1.54) is 12.4 Å². The van der Waals surface area contributed by atoms with Crippen LogP contribution in [-0.2, 0) is 4.74 Å². The van der Waals surface area contributed by atoms with Gasteiger partial charge in [-0.25, -0.2) is 9.97 Å². The van der Waals surface area contributed by atoms with Crippen molar-refractivity contribution in [3.05, 3.63) is 22.5 Å². The molecule has 0 aliphatic carbocycles. The van der Waals surface area contributed by atoms with Gasteiger partial charge in [-0.2, -0.15) is 0 Å². The van der Waals surface area contributed by atoms with Crippen LogP contribution in [0.2, 0.25) is 0 Å². The summed E-state index contributed by atoms with van der Waals surface area (Å²) in [5, 5.41) is 16.7. The minimum absolute atomic E-state index is 0.0498. The Morgan fingerprint density at radius 3 is 2.82 bits per heavy atom. The van der Waals surface area contributed by atoms with Gasteiger partial charge in [-0.05, 0) is 0 Å². The van der Waals surface area contributed by atoms with Crippen molar-refractivity contribution in [2.24, 2.45) is 0 Å². The van der Waals surface area contributed by atoms with Crippen LogP contribution in [0.25, 0.3) is 0 Å². The topological polar surface area (TPSA) is 102 Å². The molecule has 1 aliphatic heterocycles. The molecule has 17 heavy (non-hydrogen) atoms. The molecule has 92 valence electrons. The number of aromatic nitrogens is 2. The molecule has 2 atom stereocenters. The second-order valence-electron chi connectivity index (χ2n) is 3.71. The average Bonchev–Trinajstić information content (AvgIpc) is 2.77. The molecular formula is C9H13N5O3. The molecule has 8 nitrogen and oxygen atoms in total. The van der Waals surface area contributed by atoms with Gasteiger partial charge >= 0.3 is 5.69 Å². The highest BCUT2D eigenvalue weighted by Crippen LogP contribution is 2.12. The van der Waals surface area contributed by atoms with E-state index >= 15 is 0 Å². The van der Waals surface area contributed by atoms with E-state index in [9.17, 15) is 10.1 Å². The fraction of sp³-hybridized carbons (Fsp3) is 0.556. The van der Waals surface area contributed by atoms with Gasteiger partial charge < -0.3 is 15.4 Å². The first-order chi connectivity index (χ1) is 8.20. The Labute approximate surface area is 97.6 Å². The summed E-state index contributed by atoms with van der Waals surface area (Å²) in [4.78, 5) is 17.7. The number of nitrogens with one attached hydrogen (secondary N) is 2. The normalized spacial score (nSPS) is 23.6. The van der Waals surface area contributed by atoms with Crippen molar-refractivity contribution < 1.29 is 9.66 Å².